The maximum atomic E-state index is 12.5. The van der Waals surface area contributed by atoms with Gasteiger partial charge in [0, 0.05) is 12.4 Å². The average molecular weight is 336 g/mol. The van der Waals surface area contributed by atoms with E-state index in [-0.39, 0.29) is 18.0 Å². The van der Waals surface area contributed by atoms with Crippen molar-refractivity contribution in [2.24, 2.45) is 5.92 Å². The highest BCUT2D eigenvalue weighted by atomic mass is 16.5. The van der Waals surface area contributed by atoms with Crippen LogP contribution < -0.4 is 0 Å². The Labute approximate surface area is 148 Å². The molecule has 0 amide bonds. The lowest BCUT2D eigenvalue weighted by atomic mass is 10.0. The molecule has 1 aromatic heterocycles. The number of carbonyl (C=O) groups excluding carboxylic acids is 1. The molecule has 0 N–H and O–H groups in total. The van der Waals surface area contributed by atoms with Gasteiger partial charge in [0.2, 0.25) is 0 Å². The Morgan fingerprint density at radius 3 is 2.72 bits per heavy atom. The number of fused-ring (bicyclic) bond motifs is 1. The second-order valence-electron chi connectivity index (χ2n) is 6.48. The minimum Gasteiger partial charge on any atom is -0.455 e. The normalized spacial score (nSPS) is 13.5. The molecule has 0 spiro atoms. The van der Waals surface area contributed by atoms with E-state index in [0.717, 1.165) is 23.8 Å². The van der Waals surface area contributed by atoms with Gasteiger partial charge >= 0.3 is 5.97 Å². The summed E-state index contributed by atoms with van der Waals surface area (Å²) in [5.74, 6) is -0.226. The molecule has 3 rings (SSSR count). The summed E-state index contributed by atoms with van der Waals surface area (Å²) in [6.45, 7) is 4.57. The summed E-state index contributed by atoms with van der Waals surface area (Å²) in [7, 11) is 0. The maximum Gasteiger partial charge on any atom is 0.309 e. The van der Waals surface area contributed by atoms with E-state index in [1.54, 1.807) is 12.5 Å². The first-order valence-electron chi connectivity index (χ1n) is 8.82. The van der Waals surface area contributed by atoms with Crippen LogP contribution in [-0.2, 0) is 16.1 Å². The third kappa shape index (κ3) is 4.27. The van der Waals surface area contributed by atoms with E-state index in [2.05, 4.69) is 36.2 Å². The van der Waals surface area contributed by atoms with Gasteiger partial charge in [-0.3, -0.25) is 4.79 Å². The number of nitrogens with zero attached hydrogens (tertiary/aromatic N) is 2. The quantitative estimate of drug-likeness (QED) is 0.584. The second kappa shape index (κ2) is 7.97. The molecule has 4 heteroatoms. The van der Waals surface area contributed by atoms with Crippen LogP contribution in [0, 0.1) is 5.92 Å². The molecule has 0 aliphatic rings. The molecule has 0 fully saturated rings. The molecule has 0 aliphatic carbocycles. The number of aromatic nitrogens is 2. The number of ether oxygens (including phenoxy) is 1. The summed E-state index contributed by atoms with van der Waals surface area (Å²) in [6, 6.07) is 14.4. The first-order valence-corrected chi connectivity index (χ1v) is 8.82. The van der Waals surface area contributed by atoms with Gasteiger partial charge < -0.3 is 9.30 Å². The monoisotopic (exact) mass is 336 g/mol. The summed E-state index contributed by atoms with van der Waals surface area (Å²) < 4.78 is 7.83. The highest BCUT2D eigenvalue weighted by Gasteiger charge is 2.21. The van der Waals surface area contributed by atoms with Crippen LogP contribution in [-0.4, -0.2) is 15.5 Å². The van der Waals surface area contributed by atoms with Gasteiger partial charge in [0.1, 0.15) is 6.10 Å². The molecule has 2 atom stereocenters. The van der Waals surface area contributed by atoms with Crippen molar-refractivity contribution in [3.63, 3.8) is 0 Å². The topological polar surface area (TPSA) is 44.1 Å². The van der Waals surface area contributed by atoms with Crippen LogP contribution in [0.15, 0.2) is 61.2 Å². The number of carbonyl (C=O) groups is 1. The number of hydrogen-bond donors (Lipinski definition) is 0. The molecule has 0 saturated carbocycles. The summed E-state index contributed by atoms with van der Waals surface area (Å²) >= 11 is 0. The van der Waals surface area contributed by atoms with Gasteiger partial charge in [-0.1, -0.05) is 56.7 Å². The Bertz CT molecular complexity index is 827. The van der Waals surface area contributed by atoms with E-state index >= 15 is 0 Å². The zero-order valence-electron chi connectivity index (χ0n) is 14.8. The van der Waals surface area contributed by atoms with Crippen molar-refractivity contribution in [2.75, 3.05) is 0 Å². The van der Waals surface area contributed by atoms with Crippen LogP contribution in [0.3, 0.4) is 0 Å². The third-order valence-corrected chi connectivity index (χ3v) is 4.46. The molecule has 1 heterocycles. The Morgan fingerprint density at radius 2 is 2.00 bits per heavy atom. The van der Waals surface area contributed by atoms with E-state index in [0.29, 0.717) is 6.54 Å². The highest BCUT2D eigenvalue weighted by molar-refractivity contribution is 5.83. The van der Waals surface area contributed by atoms with Crippen LogP contribution in [0.25, 0.3) is 10.8 Å². The van der Waals surface area contributed by atoms with Crippen LogP contribution in [0.4, 0.5) is 0 Å². The lowest BCUT2D eigenvalue weighted by molar-refractivity contribution is -0.154. The Balaban J connectivity index is 1.87. The van der Waals surface area contributed by atoms with Gasteiger partial charge in [-0.15, -0.1) is 0 Å². The SMILES string of the molecule is CCCC(C)C(=O)OC(Cn1ccnc1)c1ccc2ccccc2c1. The molecule has 2 aromatic carbocycles. The number of imidazole rings is 1. The fraction of sp³-hybridized carbons (Fsp3) is 0.333. The van der Waals surface area contributed by atoms with Crippen molar-refractivity contribution in [3.8, 4) is 0 Å². The van der Waals surface area contributed by atoms with Crippen LogP contribution in [0.2, 0.25) is 0 Å². The highest BCUT2D eigenvalue weighted by Crippen LogP contribution is 2.26. The van der Waals surface area contributed by atoms with E-state index in [1.807, 2.05) is 35.9 Å². The van der Waals surface area contributed by atoms with Crippen molar-refractivity contribution >= 4 is 16.7 Å². The number of esters is 1. The molecule has 130 valence electrons. The van der Waals surface area contributed by atoms with E-state index < -0.39 is 0 Å². The smallest absolute Gasteiger partial charge is 0.309 e. The molecule has 25 heavy (non-hydrogen) atoms. The third-order valence-electron chi connectivity index (χ3n) is 4.46. The van der Waals surface area contributed by atoms with Gasteiger partial charge in [-0.05, 0) is 28.8 Å². The fourth-order valence-corrected chi connectivity index (χ4v) is 3.01. The molecule has 4 nitrogen and oxygen atoms in total. The van der Waals surface area contributed by atoms with Crippen LogP contribution in [0.5, 0.6) is 0 Å². The van der Waals surface area contributed by atoms with Gasteiger partial charge in [0.15, 0.2) is 0 Å². The first kappa shape index (κ1) is 17.2. The lowest BCUT2D eigenvalue weighted by Gasteiger charge is -2.21. The molecule has 0 radical (unpaired) electrons. The Kier molecular flexibility index (Phi) is 5.49. The zero-order chi connectivity index (χ0) is 17.6. The van der Waals surface area contributed by atoms with Crippen LogP contribution in [0.1, 0.15) is 38.4 Å². The first-order chi connectivity index (χ1) is 12.2. The Hall–Kier alpha value is -2.62. The average Bonchev–Trinajstić information content (AvgIpc) is 3.14. The Morgan fingerprint density at radius 1 is 1.20 bits per heavy atom. The number of benzene rings is 2. The fourth-order valence-electron chi connectivity index (χ4n) is 3.01. The molecule has 0 bridgehead atoms. The standard InChI is InChI=1S/C21H24N2O2/c1-3-6-16(2)21(24)25-20(14-23-12-11-22-15-23)19-10-9-17-7-4-5-8-18(17)13-19/h4-5,7-13,15-16,20H,3,6,14H2,1-2H3. The largest absolute Gasteiger partial charge is 0.455 e. The molecule has 0 saturated heterocycles. The van der Waals surface area contributed by atoms with Gasteiger partial charge in [-0.25, -0.2) is 4.98 Å². The lowest BCUT2D eigenvalue weighted by Crippen LogP contribution is -2.21. The molecular formula is C21H24N2O2. The van der Waals surface area contributed by atoms with Crippen molar-refractivity contribution in [1.82, 2.24) is 9.55 Å². The predicted molar refractivity (Wildman–Crippen MR) is 99.1 cm³/mol. The number of rotatable bonds is 7. The summed E-state index contributed by atoms with van der Waals surface area (Å²) in [6.07, 6.45) is 6.85. The van der Waals surface area contributed by atoms with Crippen molar-refractivity contribution in [2.45, 2.75) is 39.3 Å². The van der Waals surface area contributed by atoms with E-state index in [9.17, 15) is 4.79 Å². The maximum absolute atomic E-state index is 12.5. The van der Waals surface area contributed by atoms with Crippen molar-refractivity contribution < 1.29 is 9.53 Å². The zero-order valence-corrected chi connectivity index (χ0v) is 14.8. The summed E-state index contributed by atoms with van der Waals surface area (Å²) in [5, 5.41) is 2.33. The second-order valence-corrected chi connectivity index (χ2v) is 6.48. The summed E-state index contributed by atoms with van der Waals surface area (Å²) in [5.41, 5.74) is 1.00. The molecule has 3 aromatic rings. The van der Waals surface area contributed by atoms with Gasteiger partial charge in [0.25, 0.3) is 0 Å². The van der Waals surface area contributed by atoms with Gasteiger partial charge in [-0.2, -0.15) is 0 Å². The van der Waals surface area contributed by atoms with Crippen molar-refractivity contribution in [3.05, 3.63) is 66.7 Å². The van der Waals surface area contributed by atoms with E-state index in [1.165, 1.54) is 5.39 Å². The minimum absolute atomic E-state index is 0.0873. The van der Waals surface area contributed by atoms with E-state index in [4.69, 9.17) is 4.74 Å². The minimum atomic E-state index is -0.328. The predicted octanol–water partition coefficient (Wildman–Crippen LogP) is 4.76. The van der Waals surface area contributed by atoms with Crippen molar-refractivity contribution in [1.29, 1.82) is 0 Å². The summed E-state index contributed by atoms with van der Waals surface area (Å²) in [4.78, 5) is 16.5. The molecule has 2 unspecified atom stereocenters. The molecular weight excluding hydrogens is 312 g/mol. The number of hydrogen-bond acceptors (Lipinski definition) is 3. The van der Waals surface area contributed by atoms with Gasteiger partial charge in [0.05, 0.1) is 18.8 Å². The molecule has 0 aliphatic heterocycles. The van der Waals surface area contributed by atoms with Crippen LogP contribution >= 0.6 is 0 Å².